The maximum atomic E-state index is 11.7. The third-order valence-corrected chi connectivity index (χ3v) is 2.80. The van der Waals surface area contributed by atoms with Crippen LogP contribution >= 0.6 is 11.3 Å². The first-order chi connectivity index (χ1) is 6.68. The predicted molar refractivity (Wildman–Crippen MR) is 51.9 cm³/mol. The molecule has 1 atom stereocenters. The Morgan fingerprint density at radius 2 is 2.50 bits per heavy atom. The Morgan fingerprint density at radius 3 is 3.00 bits per heavy atom. The van der Waals surface area contributed by atoms with E-state index in [4.69, 9.17) is 0 Å². The van der Waals surface area contributed by atoms with Crippen LogP contribution in [0, 0.1) is 5.92 Å². The van der Waals surface area contributed by atoms with Gasteiger partial charge in [-0.2, -0.15) is 0 Å². The van der Waals surface area contributed by atoms with Gasteiger partial charge in [-0.1, -0.05) is 6.92 Å². The number of aromatic nitrogens is 1. The second kappa shape index (κ2) is 3.49. The van der Waals surface area contributed by atoms with E-state index in [0.29, 0.717) is 18.7 Å². The number of hydrogen-bond donors (Lipinski definition) is 0. The van der Waals surface area contributed by atoms with Crippen molar-refractivity contribution in [1.29, 1.82) is 0 Å². The van der Waals surface area contributed by atoms with E-state index in [2.05, 4.69) is 4.98 Å². The summed E-state index contributed by atoms with van der Waals surface area (Å²) >= 11 is 1.36. The molecule has 4 nitrogen and oxygen atoms in total. The minimum absolute atomic E-state index is 0.0875. The highest BCUT2D eigenvalue weighted by atomic mass is 32.1. The molecule has 1 unspecified atom stereocenters. The average Bonchev–Trinajstić information content (AvgIpc) is 2.73. The first-order valence-corrected chi connectivity index (χ1v) is 5.35. The molecule has 1 aromatic rings. The summed E-state index contributed by atoms with van der Waals surface area (Å²) in [7, 11) is 0. The fourth-order valence-corrected chi connectivity index (χ4v) is 2.06. The minimum atomic E-state index is -0.263. The van der Waals surface area contributed by atoms with Gasteiger partial charge in [-0.15, -0.1) is 11.3 Å². The summed E-state index contributed by atoms with van der Waals surface area (Å²) in [6.07, 6.45) is 0.468. The van der Waals surface area contributed by atoms with Crippen LogP contribution in [-0.4, -0.2) is 28.2 Å². The SMILES string of the molecule is CC1CC(=O)N(C(=O)c2cscn2)C1. The Morgan fingerprint density at radius 1 is 1.71 bits per heavy atom. The van der Waals surface area contributed by atoms with Gasteiger partial charge in [0.1, 0.15) is 5.69 Å². The molecule has 0 aliphatic carbocycles. The van der Waals surface area contributed by atoms with Crippen molar-refractivity contribution in [2.75, 3.05) is 6.54 Å². The van der Waals surface area contributed by atoms with Crippen LogP contribution in [-0.2, 0) is 4.79 Å². The number of imide groups is 1. The van der Waals surface area contributed by atoms with Gasteiger partial charge in [-0.05, 0) is 5.92 Å². The zero-order valence-electron chi connectivity index (χ0n) is 7.77. The van der Waals surface area contributed by atoms with Gasteiger partial charge in [0.15, 0.2) is 0 Å². The topological polar surface area (TPSA) is 50.3 Å². The molecule has 2 rings (SSSR count). The molecule has 2 amide bonds. The second-order valence-corrected chi connectivity index (χ2v) is 4.21. The number of thiazole rings is 1. The van der Waals surface area contributed by atoms with Gasteiger partial charge in [0.2, 0.25) is 5.91 Å². The highest BCUT2D eigenvalue weighted by molar-refractivity contribution is 7.07. The minimum Gasteiger partial charge on any atom is -0.277 e. The van der Waals surface area contributed by atoms with Crippen LogP contribution in [0.5, 0.6) is 0 Å². The van der Waals surface area contributed by atoms with Gasteiger partial charge in [0.25, 0.3) is 5.91 Å². The van der Waals surface area contributed by atoms with E-state index >= 15 is 0 Å². The van der Waals surface area contributed by atoms with E-state index in [1.54, 1.807) is 10.9 Å². The molecule has 0 aromatic carbocycles. The number of amides is 2. The van der Waals surface area contributed by atoms with E-state index in [-0.39, 0.29) is 17.7 Å². The lowest BCUT2D eigenvalue weighted by Crippen LogP contribution is -2.32. The molecule has 14 heavy (non-hydrogen) atoms. The summed E-state index contributed by atoms with van der Waals surface area (Å²) in [5.74, 6) is -0.0822. The van der Waals surface area contributed by atoms with Crippen LogP contribution < -0.4 is 0 Å². The van der Waals surface area contributed by atoms with Crippen LogP contribution in [0.25, 0.3) is 0 Å². The number of carbonyl (C=O) groups is 2. The third kappa shape index (κ3) is 1.55. The van der Waals surface area contributed by atoms with Crippen molar-refractivity contribution in [3.05, 3.63) is 16.6 Å². The molecule has 1 aliphatic rings. The lowest BCUT2D eigenvalue weighted by Gasteiger charge is -2.11. The first kappa shape index (κ1) is 9.33. The number of likely N-dealkylation sites (tertiary alicyclic amines) is 1. The normalized spacial score (nSPS) is 21.6. The van der Waals surface area contributed by atoms with Gasteiger partial charge in [-0.25, -0.2) is 4.98 Å². The number of rotatable bonds is 1. The van der Waals surface area contributed by atoms with Gasteiger partial charge < -0.3 is 0 Å². The molecular formula is C9H10N2O2S. The largest absolute Gasteiger partial charge is 0.279 e. The molecule has 2 heterocycles. The van der Waals surface area contributed by atoms with E-state index in [1.807, 2.05) is 6.92 Å². The maximum absolute atomic E-state index is 11.7. The molecule has 0 N–H and O–H groups in total. The fourth-order valence-electron chi connectivity index (χ4n) is 1.54. The Bertz CT molecular complexity index is 361. The lowest BCUT2D eigenvalue weighted by molar-refractivity contribution is -0.125. The van der Waals surface area contributed by atoms with Crippen LogP contribution in [0.3, 0.4) is 0 Å². The summed E-state index contributed by atoms with van der Waals surface area (Å²) in [5.41, 5.74) is 1.97. The monoisotopic (exact) mass is 210 g/mol. The highest BCUT2D eigenvalue weighted by Crippen LogP contribution is 2.19. The van der Waals surface area contributed by atoms with E-state index in [9.17, 15) is 9.59 Å². The smallest absolute Gasteiger partial charge is 0.277 e. The summed E-state index contributed by atoms with van der Waals surface area (Å²) in [4.78, 5) is 28.3. The molecule has 74 valence electrons. The lowest BCUT2D eigenvalue weighted by atomic mass is 10.2. The average molecular weight is 210 g/mol. The molecule has 5 heteroatoms. The predicted octanol–water partition coefficient (Wildman–Crippen LogP) is 1.15. The Labute approximate surface area is 85.6 Å². The third-order valence-electron chi connectivity index (χ3n) is 2.21. The first-order valence-electron chi connectivity index (χ1n) is 4.41. The molecule has 1 aliphatic heterocycles. The van der Waals surface area contributed by atoms with Gasteiger partial charge in [0, 0.05) is 18.3 Å². The quantitative estimate of drug-likeness (QED) is 0.653. The van der Waals surface area contributed by atoms with Gasteiger partial charge in [0.05, 0.1) is 5.51 Å². The molecule has 0 saturated carbocycles. The summed E-state index contributed by atoms with van der Waals surface area (Å²) in [5, 5.41) is 1.67. The van der Waals surface area contributed by atoms with Crippen molar-refractivity contribution in [3.63, 3.8) is 0 Å². The fraction of sp³-hybridized carbons (Fsp3) is 0.444. The second-order valence-electron chi connectivity index (χ2n) is 3.49. The van der Waals surface area contributed by atoms with E-state index < -0.39 is 0 Å². The summed E-state index contributed by atoms with van der Waals surface area (Å²) in [6, 6.07) is 0. The zero-order chi connectivity index (χ0) is 10.1. The van der Waals surface area contributed by atoms with Gasteiger partial charge >= 0.3 is 0 Å². The van der Waals surface area contributed by atoms with Crippen molar-refractivity contribution in [3.8, 4) is 0 Å². The molecule has 0 bridgehead atoms. The molecule has 1 saturated heterocycles. The number of hydrogen-bond acceptors (Lipinski definition) is 4. The Hall–Kier alpha value is -1.23. The van der Waals surface area contributed by atoms with Crippen LogP contribution in [0.2, 0.25) is 0 Å². The van der Waals surface area contributed by atoms with Crippen molar-refractivity contribution in [2.45, 2.75) is 13.3 Å². The van der Waals surface area contributed by atoms with Crippen LogP contribution in [0.15, 0.2) is 10.9 Å². The maximum Gasteiger partial charge on any atom is 0.279 e. The van der Waals surface area contributed by atoms with Crippen molar-refractivity contribution in [2.24, 2.45) is 5.92 Å². The van der Waals surface area contributed by atoms with Gasteiger partial charge in [-0.3, -0.25) is 14.5 Å². The number of nitrogens with zero attached hydrogens (tertiary/aromatic N) is 2. The summed E-state index contributed by atoms with van der Waals surface area (Å²) in [6.45, 7) is 2.49. The summed E-state index contributed by atoms with van der Waals surface area (Å²) < 4.78 is 0. The molecule has 1 fully saturated rings. The van der Waals surface area contributed by atoms with Crippen LogP contribution in [0.1, 0.15) is 23.8 Å². The zero-order valence-corrected chi connectivity index (χ0v) is 8.58. The molecule has 0 spiro atoms. The standard InChI is InChI=1S/C9H10N2O2S/c1-6-2-8(12)11(3-6)9(13)7-4-14-5-10-7/h4-6H,2-3H2,1H3. The Balaban J connectivity index is 2.17. The van der Waals surface area contributed by atoms with Crippen LogP contribution in [0.4, 0.5) is 0 Å². The Kier molecular flexibility index (Phi) is 2.33. The highest BCUT2D eigenvalue weighted by Gasteiger charge is 2.32. The van der Waals surface area contributed by atoms with E-state index in [0.717, 1.165) is 0 Å². The molecular weight excluding hydrogens is 200 g/mol. The van der Waals surface area contributed by atoms with E-state index in [1.165, 1.54) is 16.2 Å². The molecule has 0 radical (unpaired) electrons. The van der Waals surface area contributed by atoms with Crippen molar-refractivity contribution in [1.82, 2.24) is 9.88 Å². The van der Waals surface area contributed by atoms with Crippen molar-refractivity contribution < 1.29 is 9.59 Å². The molecule has 1 aromatic heterocycles. The van der Waals surface area contributed by atoms with Crippen molar-refractivity contribution >= 4 is 23.2 Å². The number of carbonyl (C=O) groups excluding carboxylic acids is 2.